The van der Waals surface area contributed by atoms with Crippen molar-refractivity contribution in [2.24, 2.45) is 5.73 Å². The van der Waals surface area contributed by atoms with E-state index in [0.29, 0.717) is 12.6 Å². The van der Waals surface area contributed by atoms with Crippen LogP contribution in [0.15, 0.2) is 5.38 Å². The number of anilines is 1. The third kappa shape index (κ3) is 3.27. The van der Waals surface area contributed by atoms with Gasteiger partial charge in [-0.05, 0) is 12.8 Å². The third-order valence-electron chi connectivity index (χ3n) is 2.16. The van der Waals surface area contributed by atoms with E-state index in [4.69, 9.17) is 5.73 Å². The van der Waals surface area contributed by atoms with Crippen molar-refractivity contribution in [1.29, 1.82) is 0 Å². The van der Waals surface area contributed by atoms with E-state index in [2.05, 4.69) is 29.5 Å². The minimum atomic E-state index is 0.371. The van der Waals surface area contributed by atoms with Crippen LogP contribution in [-0.2, 0) is 6.42 Å². The number of hydrogen-bond acceptors (Lipinski definition) is 4. The summed E-state index contributed by atoms with van der Waals surface area (Å²) in [7, 11) is 0. The summed E-state index contributed by atoms with van der Waals surface area (Å²) in [6, 6.07) is 0.371. The lowest BCUT2D eigenvalue weighted by molar-refractivity contribution is 0.647. The molecule has 0 saturated carbocycles. The maximum atomic E-state index is 5.66. The maximum Gasteiger partial charge on any atom is 0.183 e. The lowest BCUT2D eigenvalue weighted by Crippen LogP contribution is -2.28. The largest absolute Gasteiger partial charge is 0.358 e. The molecule has 0 aliphatic rings. The van der Waals surface area contributed by atoms with Gasteiger partial charge in [-0.1, -0.05) is 20.3 Å². The first-order valence-electron chi connectivity index (χ1n) is 5.21. The summed E-state index contributed by atoms with van der Waals surface area (Å²) in [4.78, 5) is 4.45. The van der Waals surface area contributed by atoms with Gasteiger partial charge in [-0.3, -0.25) is 0 Å². The van der Waals surface area contributed by atoms with Crippen molar-refractivity contribution in [3.05, 3.63) is 11.1 Å². The summed E-state index contributed by atoms with van der Waals surface area (Å²) in [6.07, 6.45) is 3.26. The first-order valence-corrected chi connectivity index (χ1v) is 6.09. The molecule has 3 nitrogen and oxygen atoms in total. The normalized spacial score (nSPS) is 12.8. The van der Waals surface area contributed by atoms with Crippen molar-refractivity contribution in [1.82, 2.24) is 4.98 Å². The molecule has 1 heterocycles. The van der Waals surface area contributed by atoms with Gasteiger partial charge in [0.15, 0.2) is 5.13 Å². The molecule has 0 bridgehead atoms. The van der Waals surface area contributed by atoms with E-state index in [1.165, 1.54) is 0 Å². The van der Waals surface area contributed by atoms with Gasteiger partial charge >= 0.3 is 0 Å². The quantitative estimate of drug-likeness (QED) is 0.762. The molecule has 4 heteroatoms. The number of nitrogens with two attached hydrogens (primary N) is 1. The molecular formula is C10H19N3S. The third-order valence-corrected chi connectivity index (χ3v) is 2.99. The van der Waals surface area contributed by atoms with Gasteiger partial charge in [0, 0.05) is 18.0 Å². The van der Waals surface area contributed by atoms with Crippen molar-refractivity contribution in [3.63, 3.8) is 0 Å². The summed E-state index contributed by atoms with van der Waals surface area (Å²) in [5.41, 5.74) is 6.82. The predicted molar refractivity (Wildman–Crippen MR) is 62.9 cm³/mol. The van der Waals surface area contributed by atoms with Crippen molar-refractivity contribution in [3.8, 4) is 0 Å². The second-order valence-corrected chi connectivity index (χ2v) is 4.22. The topological polar surface area (TPSA) is 50.9 Å². The first kappa shape index (κ1) is 11.5. The highest BCUT2D eigenvalue weighted by Gasteiger charge is 2.07. The Kier molecular flexibility index (Phi) is 4.90. The van der Waals surface area contributed by atoms with Crippen LogP contribution in [0.3, 0.4) is 0 Å². The van der Waals surface area contributed by atoms with Crippen LogP contribution in [0.4, 0.5) is 5.13 Å². The smallest absolute Gasteiger partial charge is 0.183 e. The minimum Gasteiger partial charge on any atom is -0.358 e. The van der Waals surface area contributed by atoms with Gasteiger partial charge in [-0.15, -0.1) is 11.3 Å². The monoisotopic (exact) mass is 213 g/mol. The number of nitrogens with zero attached hydrogens (tertiary/aromatic N) is 1. The fourth-order valence-electron chi connectivity index (χ4n) is 1.31. The van der Waals surface area contributed by atoms with Crippen LogP contribution in [-0.4, -0.2) is 17.6 Å². The molecule has 0 radical (unpaired) electrons. The lowest BCUT2D eigenvalue weighted by Gasteiger charge is -2.14. The van der Waals surface area contributed by atoms with Gasteiger partial charge in [0.2, 0.25) is 0 Å². The molecule has 1 aromatic rings. The van der Waals surface area contributed by atoms with Crippen molar-refractivity contribution < 1.29 is 0 Å². The minimum absolute atomic E-state index is 0.371. The van der Waals surface area contributed by atoms with E-state index in [9.17, 15) is 0 Å². The van der Waals surface area contributed by atoms with E-state index in [1.54, 1.807) is 11.3 Å². The number of rotatable bonds is 6. The van der Waals surface area contributed by atoms with Crippen LogP contribution >= 0.6 is 11.3 Å². The Morgan fingerprint density at radius 1 is 1.57 bits per heavy atom. The zero-order valence-electron chi connectivity index (χ0n) is 8.92. The van der Waals surface area contributed by atoms with Crippen LogP contribution in [0.25, 0.3) is 0 Å². The summed E-state index contributed by atoms with van der Waals surface area (Å²) in [5.74, 6) is 0. The molecule has 0 fully saturated rings. The molecule has 0 amide bonds. The molecule has 0 aromatic carbocycles. The Hall–Kier alpha value is -0.610. The number of aryl methyl sites for hydroxylation is 1. The van der Waals surface area contributed by atoms with Gasteiger partial charge < -0.3 is 11.1 Å². The van der Waals surface area contributed by atoms with E-state index >= 15 is 0 Å². The van der Waals surface area contributed by atoms with Crippen LogP contribution < -0.4 is 11.1 Å². The Morgan fingerprint density at radius 3 is 2.86 bits per heavy atom. The Morgan fingerprint density at radius 2 is 2.36 bits per heavy atom. The van der Waals surface area contributed by atoms with E-state index in [1.807, 2.05) is 0 Å². The maximum absolute atomic E-state index is 5.66. The van der Waals surface area contributed by atoms with Gasteiger partial charge in [0.05, 0.1) is 5.69 Å². The highest BCUT2D eigenvalue weighted by molar-refractivity contribution is 7.13. The second kappa shape index (κ2) is 5.98. The summed E-state index contributed by atoms with van der Waals surface area (Å²) >= 11 is 1.67. The van der Waals surface area contributed by atoms with Crippen LogP contribution in [0.1, 0.15) is 32.4 Å². The molecule has 1 atom stereocenters. The molecule has 14 heavy (non-hydrogen) atoms. The molecular weight excluding hydrogens is 194 g/mol. The lowest BCUT2D eigenvalue weighted by atomic mass is 10.2. The number of hydrogen-bond donors (Lipinski definition) is 2. The molecule has 0 aliphatic heterocycles. The van der Waals surface area contributed by atoms with Gasteiger partial charge in [-0.2, -0.15) is 0 Å². The van der Waals surface area contributed by atoms with Crippen molar-refractivity contribution >= 4 is 16.5 Å². The summed E-state index contributed by atoms with van der Waals surface area (Å²) in [6.45, 7) is 4.96. The standard InChI is InChI=1S/C10H19N3S/c1-3-5-9(6-11)13-10-12-8(4-2)7-14-10/h7,9H,3-6,11H2,1-2H3,(H,12,13). The van der Waals surface area contributed by atoms with Crippen molar-refractivity contribution in [2.75, 3.05) is 11.9 Å². The number of aromatic nitrogens is 1. The predicted octanol–water partition coefficient (Wildman–Crippen LogP) is 2.24. The average Bonchev–Trinajstić information content (AvgIpc) is 2.65. The van der Waals surface area contributed by atoms with Gasteiger partial charge in [0.1, 0.15) is 0 Å². The van der Waals surface area contributed by atoms with E-state index in [-0.39, 0.29) is 0 Å². The Balaban J connectivity index is 2.48. The molecule has 1 rings (SSSR count). The molecule has 3 N–H and O–H groups in total. The van der Waals surface area contributed by atoms with Crippen LogP contribution in [0.2, 0.25) is 0 Å². The zero-order valence-corrected chi connectivity index (χ0v) is 9.73. The van der Waals surface area contributed by atoms with Crippen LogP contribution in [0, 0.1) is 0 Å². The first-order chi connectivity index (χ1) is 6.80. The Labute approximate surface area is 89.7 Å². The van der Waals surface area contributed by atoms with Gasteiger partial charge in [-0.25, -0.2) is 4.98 Å². The van der Waals surface area contributed by atoms with E-state index < -0.39 is 0 Å². The summed E-state index contributed by atoms with van der Waals surface area (Å²) in [5, 5.41) is 6.47. The van der Waals surface area contributed by atoms with Gasteiger partial charge in [0.25, 0.3) is 0 Å². The van der Waals surface area contributed by atoms with Crippen molar-refractivity contribution in [2.45, 2.75) is 39.2 Å². The molecule has 80 valence electrons. The fraction of sp³-hybridized carbons (Fsp3) is 0.700. The number of nitrogens with one attached hydrogen (secondary N) is 1. The molecule has 0 spiro atoms. The average molecular weight is 213 g/mol. The van der Waals surface area contributed by atoms with E-state index in [0.717, 1.165) is 30.1 Å². The zero-order chi connectivity index (χ0) is 10.4. The molecule has 0 aliphatic carbocycles. The fourth-order valence-corrected chi connectivity index (χ4v) is 2.18. The molecule has 1 aromatic heterocycles. The summed E-state index contributed by atoms with van der Waals surface area (Å²) < 4.78 is 0. The molecule has 1 unspecified atom stereocenters. The second-order valence-electron chi connectivity index (χ2n) is 3.36. The highest BCUT2D eigenvalue weighted by Crippen LogP contribution is 2.17. The number of thiazole rings is 1. The Bertz CT molecular complexity index is 260. The van der Waals surface area contributed by atoms with Crippen LogP contribution in [0.5, 0.6) is 0 Å². The SMILES string of the molecule is CCCC(CN)Nc1nc(CC)cs1. The highest BCUT2D eigenvalue weighted by atomic mass is 32.1. The molecule has 0 saturated heterocycles.